The Morgan fingerprint density at radius 2 is 2.04 bits per heavy atom. The summed E-state index contributed by atoms with van der Waals surface area (Å²) in [4.78, 5) is 13.4. The molecule has 1 N–H and O–H groups in total. The molecule has 0 radical (unpaired) electrons. The maximum Gasteiger partial charge on any atom is 0.261 e. The molecule has 5 nitrogen and oxygen atoms in total. The molecule has 1 saturated heterocycles. The Morgan fingerprint density at radius 3 is 2.71 bits per heavy atom. The average Bonchev–Trinajstić information content (AvgIpc) is 3.25. The third-order valence-electron chi connectivity index (χ3n) is 4.14. The van der Waals surface area contributed by atoms with E-state index in [1.807, 2.05) is 11.4 Å². The van der Waals surface area contributed by atoms with Crippen molar-refractivity contribution in [3.63, 3.8) is 0 Å². The number of nitrogens with zero attached hydrogens (tertiary/aromatic N) is 1. The van der Waals surface area contributed by atoms with E-state index in [0.29, 0.717) is 34.6 Å². The number of carbonyl (C=O) groups is 1. The molecule has 0 spiro atoms. The molecule has 0 aliphatic carbocycles. The number of amides is 1. The predicted molar refractivity (Wildman–Crippen MR) is 97.0 cm³/mol. The minimum Gasteiger partial charge on any atom is -0.346 e. The first-order valence-corrected chi connectivity index (χ1v) is 11.0. The molecular weight excluding hydrogens is 364 g/mol. The normalized spacial score (nSPS) is 17.0. The van der Waals surface area contributed by atoms with Gasteiger partial charge in [-0.25, -0.2) is 8.42 Å². The van der Waals surface area contributed by atoms with Gasteiger partial charge in [0.15, 0.2) is 0 Å². The highest BCUT2D eigenvalue weighted by Gasteiger charge is 2.29. The van der Waals surface area contributed by atoms with Crippen molar-refractivity contribution >= 4 is 38.6 Å². The van der Waals surface area contributed by atoms with Crippen molar-refractivity contribution in [3.05, 3.63) is 39.4 Å². The van der Waals surface area contributed by atoms with Crippen molar-refractivity contribution in [2.75, 3.05) is 13.1 Å². The van der Waals surface area contributed by atoms with E-state index in [0.717, 1.165) is 17.7 Å². The van der Waals surface area contributed by atoms with Crippen LogP contribution in [0.2, 0.25) is 0 Å². The Hall–Kier alpha value is -1.22. The van der Waals surface area contributed by atoms with E-state index in [9.17, 15) is 13.2 Å². The fourth-order valence-corrected chi connectivity index (χ4v) is 6.17. The van der Waals surface area contributed by atoms with E-state index < -0.39 is 10.0 Å². The lowest BCUT2D eigenvalue weighted by Crippen LogP contribution is -2.37. The predicted octanol–water partition coefficient (Wildman–Crippen LogP) is 3.16. The summed E-state index contributed by atoms with van der Waals surface area (Å²) in [5, 5.41) is 4.68. The van der Waals surface area contributed by atoms with E-state index in [2.05, 4.69) is 12.2 Å². The molecular formula is C16H20N2O3S3. The van der Waals surface area contributed by atoms with Gasteiger partial charge in [-0.05, 0) is 42.3 Å². The van der Waals surface area contributed by atoms with Gasteiger partial charge < -0.3 is 5.32 Å². The summed E-state index contributed by atoms with van der Waals surface area (Å²) in [5.74, 6) is 0.454. The van der Waals surface area contributed by atoms with Gasteiger partial charge in [-0.3, -0.25) is 4.79 Å². The summed E-state index contributed by atoms with van der Waals surface area (Å²) in [7, 11) is -3.41. The number of piperidine rings is 1. The van der Waals surface area contributed by atoms with Gasteiger partial charge in [0, 0.05) is 18.0 Å². The third kappa shape index (κ3) is 3.88. The van der Waals surface area contributed by atoms with E-state index >= 15 is 0 Å². The molecule has 3 rings (SSSR count). The van der Waals surface area contributed by atoms with Crippen LogP contribution in [0.1, 0.15) is 34.3 Å². The molecule has 0 atom stereocenters. The molecule has 130 valence electrons. The van der Waals surface area contributed by atoms with Crippen LogP contribution < -0.4 is 5.32 Å². The monoisotopic (exact) mass is 384 g/mol. The molecule has 8 heteroatoms. The van der Waals surface area contributed by atoms with Crippen LogP contribution in [0.3, 0.4) is 0 Å². The molecule has 0 saturated carbocycles. The molecule has 0 bridgehead atoms. The van der Waals surface area contributed by atoms with Crippen molar-refractivity contribution in [2.45, 2.75) is 30.5 Å². The first-order valence-electron chi connectivity index (χ1n) is 7.87. The molecule has 1 aliphatic rings. The van der Waals surface area contributed by atoms with Crippen LogP contribution >= 0.6 is 22.7 Å². The number of sulfonamides is 1. The van der Waals surface area contributed by atoms with Gasteiger partial charge in [0.25, 0.3) is 15.9 Å². The molecule has 1 fully saturated rings. The van der Waals surface area contributed by atoms with E-state index in [-0.39, 0.29) is 5.91 Å². The Morgan fingerprint density at radius 1 is 1.29 bits per heavy atom. The van der Waals surface area contributed by atoms with Crippen molar-refractivity contribution in [1.29, 1.82) is 0 Å². The van der Waals surface area contributed by atoms with Crippen LogP contribution in [-0.4, -0.2) is 31.7 Å². The Balaban J connectivity index is 1.63. The Kier molecular flexibility index (Phi) is 5.39. The maximum atomic E-state index is 12.7. The Bertz CT molecular complexity index is 788. The van der Waals surface area contributed by atoms with Crippen LogP contribution in [-0.2, 0) is 16.6 Å². The highest BCUT2D eigenvalue weighted by atomic mass is 32.2. The standard InChI is InChI=1S/C16H20N2O3S3/c1-12-6-8-18(9-7-12)24(20,21)15-5-4-13(23-15)11-17-16(19)14-3-2-10-22-14/h2-5,10,12H,6-9,11H2,1H3,(H,17,19). The van der Waals surface area contributed by atoms with Crippen LogP contribution in [0.25, 0.3) is 0 Å². The summed E-state index contributed by atoms with van der Waals surface area (Å²) in [6, 6.07) is 7.01. The average molecular weight is 385 g/mol. The largest absolute Gasteiger partial charge is 0.346 e. The second kappa shape index (κ2) is 7.35. The van der Waals surface area contributed by atoms with Gasteiger partial charge in [-0.2, -0.15) is 4.31 Å². The number of carbonyl (C=O) groups excluding carboxylic acids is 1. The van der Waals surface area contributed by atoms with Crippen LogP contribution in [0.15, 0.2) is 33.9 Å². The van der Waals surface area contributed by atoms with Gasteiger partial charge in [0.1, 0.15) is 4.21 Å². The lowest BCUT2D eigenvalue weighted by atomic mass is 10.0. The first kappa shape index (κ1) is 17.6. The van der Waals surface area contributed by atoms with E-state index in [1.165, 1.54) is 22.7 Å². The lowest BCUT2D eigenvalue weighted by Gasteiger charge is -2.28. The second-order valence-corrected chi connectivity index (χ2v) is 10.2. The SMILES string of the molecule is CC1CCN(S(=O)(=O)c2ccc(CNC(=O)c3cccs3)s2)CC1. The molecule has 1 aliphatic heterocycles. The van der Waals surface area contributed by atoms with E-state index in [4.69, 9.17) is 0 Å². The molecule has 0 unspecified atom stereocenters. The molecule has 1 amide bonds. The highest BCUT2D eigenvalue weighted by Crippen LogP contribution is 2.28. The quantitative estimate of drug-likeness (QED) is 0.861. The van der Waals surface area contributed by atoms with Crippen molar-refractivity contribution < 1.29 is 13.2 Å². The summed E-state index contributed by atoms with van der Waals surface area (Å²) in [6.45, 7) is 3.68. The minimum atomic E-state index is -3.41. The smallest absolute Gasteiger partial charge is 0.261 e. The first-order chi connectivity index (χ1) is 11.5. The molecule has 3 heterocycles. The number of hydrogen-bond acceptors (Lipinski definition) is 5. The third-order valence-corrected chi connectivity index (χ3v) is 8.46. The molecule has 2 aromatic rings. The fraction of sp³-hybridized carbons (Fsp3) is 0.438. The zero-order chi connectivity index (χ0) is 17.2. The number of thiophene rings is 2. The lowest BCUT2D eigenvalue weighted by molar-refractivity contribution is 0.0955. The van der Waals surface area contributed by atoms with Gasteiger partial charge in [-0.1, -0.05) is 13.0 Å². The molecule has 0 aromatic carbocycles. The molecule has 2 aromatic heterocycles. The van der Waals surface area contributed by atoms with Gasteiger partial charge in [0.2, 0.25) is 0 Å². The zero-order valence-electron chi connectivity index (χ0n) is 13.4. The van der Waals surface area contributed by atoms with Gasteiger partial charge >= 0.3 is 0 Å². The number of nitrogens with one attached hydrogen (secondary N) is 1. The highest BCUT2D eigenvalue weighted by molar-refractivity contribution is 7.91. The second-order valence-electron chi connectivity index (χ2n) is 5.97. The maximum absolute atomic E-state index is 12.7. The van der Waals surface area contributed by atoms with Crippen molar-refractivity contribution in [1.82, 2.24) is 9.62 Å². The van der Waals surface area contributed by atoms with Gasteiger partial charge in [0.05, 0.1) is 11.4 Å². The minimum absolute atomic E-state index is 0.132. The van der Waals surface area contributed by atoms with Crippen molar-refractivity contribution in [3.8, 4) is 0 Å². The summed E-state index contributed by atoms with van der Waals surface area (Å²) < 4.78 is 27.3. The van der Waals surface area contributed by atoms with Crippen LogP contribution in [0, 0.1) is 5.92 Å². The number of rotatable bonds is 5. The topological polar surface area (TPSA) is 66.5 Å². The zero-order valence-corrected chi connectivity index (χ0v) is 15.8. The molecule has 24 heavy (non-hydrogen) atoms. The summed E-state index contributed by atoms with van der Waals surface area (Å²) in [6.07, 6.45) is 1.82. The van der Waals surface area contributed by atoms with Gasteiger partial charge in [-0.15, -0.1) is 22.7 Å². The van der Waals surface area contributed by atoms with E-state index in [1.54, 1.807) is 22.5 Å². The Labute approximate surface area is 150 Å². The summed E-state index contributed by atoms with van der Waals surface area (Å²) in [5.41, 5.74) is 0. The fourth-order valence-electron chi connectivity index (χ4n) is 2.61. The number of hydrogen-bond donors (Lipinski definition) is 1. The summed E-state index contributed by atoms with van der Waals surface area (Å²) >= 11 is 2.62. The van der Waals surface area contributed by atoms with Crippen LogP contribution in [0.5, 0.6) is 0 Å². The van der Waals surface area contributed by atoms with Crippen LogP contribution in [0.4, 0.5) is 0 Å². The van der Waals surface area contributed by atoms with Crippen molar-refractivity contribution in [2.24, 2.45) is 5.92 Å².